The Morgan fingerprint density at radius 2 is 1.80 bits per heavy atom. The number of aryl methyl sites for hydroxylation is 1. The Morgan fingerprint density at radius 1 is 1.10 bits per heavy atom. The van der Waals surface area contributed by atoms with Gasteiger partial charge in [-0.3, -0.25) is 0 Å². The molecule has 0 saturated heterocycles. The lowest BCUT2D eigenvalue weighted by Crippen LogP contribution is -2.23. The van der Waals surface area contributed by atoms with Crippen LogP contribution in [0.25, 0.3) is 0 Å². The van der Waals surface area contributed by atoms with Gasteiger partial charge in [0.1, 0.15) is 0 Å². The van der Waals surface area contributed by atoms with Crippen LogP contribution >= 0.6 is 27.7 Å². The van der Waals surface area contributed by atoms with Crippen LogP contribution in [0.2, 0.25) is 0 Å². The number of hydrogen-bond acceptors (Lipinski definition) is 2. The average Bonchev–Trinajstić information content (AvgIpc) is 2.46. The molecule has 106 valence electrons. The van der Waals surface area contributed by atoms with Crippen molar-refractivity contribution in [3.8, 4) is 0 Å². The molecule has 1 atom stereocenters. The molecule has 0 spiro atoms. The van der Waals surface area contributed by atoms with Crippen molar-refractivity contribution < 1.29 is 0 Å². The van der Waals surface area contributed by atoms with Crippen LogP contribution < -0.4 is 5.32 Å². The Hall–Kier alpha value is -0.770. The van der Waals surface area contributed by atoms with Crippen LogP contribution in [0.5, 0.6) is 0 Å². The van der Waals surface area contributed by atoms with Gasteiger partial charge in [-0.05, 0) is 52.7 Å². The molecule has 1 nitrogen and oxygen atoms in total. The second-order valence-corrected chi connectivity index (χ2v) is 6.62. The number of benzene rings is 2. The number of rotatable bonds is 6. The van der Waals surface area contributed by atoms with Gasteiger partial charge >= 0.3 is 0 Å². The largest absolute Gasteiger partial charge is 0.309 e. The number of hydrogen-bond donors (Lipinski definition) is 1. The summed E-state index contributed by atoms with van der Waals surface area (Å²) in [5.74, 6) is 1.03. The van der Waals surface area contributed by atoms with Crippen molar-refractivity contribution in [2.45, 2.75) is 24.8 Å². The SMILES string of the molecule is CCNC(CSc1ccccc1Br)c1ccccc1C. The summed E-state index contributed by atoms with van der Waals surface area (Å²) < 4.78 is 1.17. The van der Waals surface area contributed by atoms with Gasteiger partial charge in [-0.1, -0.05) is 43.3 Å². The fourth-order valence-corrected chi connectivity index (χ4v) is 3.87. The third kappa shape index (κ3) is 4.11. The van der Waals surface area contributed by atoms with E-state index in [1.54, 1.807) is 0 Å². The van der Waals surface area contributed by atoms with Crippen LogP contribution in [0.3, 0.4) is 0 Å². The number of halogens is 1. The maximum absolute atomic E-state index is 3.61. The van der Waals surface area contributed by atoms with Crippen LogP contribution in [-0.2, 0) is 0 Å². The molecule has 2 rings (SSSR count). The topological polar surface area (TPSA) is 12.0 Å². The summed E-state index contributed by atoms with van der Waals surface area (Å²) in [5, 5.41) is 3.59. The first kappa shape index (κ1) is 15.6. The minimum Gasteiger partial charge on any atom is -0.309 e. The molecule has 0 aromatic heterocycles. The zero-order chi connectivity index (χ0) is 14.4. The molecule has 2 aromatic rings. The molecule has 1 N–H and O–H groups in total. The van der Waals surface area contributed by atoms with Crippen molar-refractivity contribution in [1.29, 1.82) is 0 Å². The smallest absolute Gasteiger partial charge is 0.0417 e. The maximum Gasteiger partial charge on any atom is 0.0417 e. The van der Waals surface area contributed by atoms with Crippen molar-refractivity contribution in [2.75, 3.05) is 12.3 Å². The van der Waals surface area contributed by atoms with Gasteiger partial charge in [0.2, 0.25) is 0 Å². The summed E-state index contributed by atoms with van der Waals surface area (Å²) in [4.78, 5) is 1.30. The average molecular weight is 350 g/mol. The van der Waals surface area contributed by atoms with E-state index in [-0.39, 0.29) is 0 Å². The van der Waals surface area contributed by atoms with Gasteiger partial charge in [0.05, 0.1) is 0 Å². The van der Waals surface area contributed by atoms with E-state index in [2.05, 4.69) is 83.6 Å². The summed E-state index contributed by atoms with van der Waals surface area (Å²) >= 11 is 5.50. The van der Waals surface area contributed by atoms with Gasteiger partial charge in [0.25, 0.3) is 0 Å². The summed E-state index contributed by atoms with van der Waals surface area (Å²) in [7, 11) is 0. The second kappa shape index (κ2) is 7.87. The zero-order valence-corrected chi connectivity index (χ0v) is 14.3. The van der Waals surface area contributed by atoms with E-state index in [0.717, 1.165) is 12.3 Å². The van der Waals surface area contributed by atoms with E-state index in [9.17, 15) is 0 Å². The van der Waals surface area contributed by atoms with E-state index in [4.69, 9.17) is 0 Å². The molecule has 0 saturated carbocycles. The van der Waals surface area contributed by atoms with E-state index >= 15 is 0 Å². The van der Waals surface area contributed by atoms with Crippen molar-refractivity contribution in [1.82, 2.24) is 5.32 Å². The van der Waals surface area contributed by atoms with E-state index in [1.807, 2.05) is 11.8 Å². The Bertz CT molecular complexity index is 556. The van der Waals surface area contributed by atoms with Gasteiger partial charge in [-0.25, -0.2) is 0 Å². The lowest BCUT2D eigenvalue weighted by atomic mass is 10.0. The fraction of sp³-hybridized carbons (Fsp3) is 0.294. The van der Waals surface area contributed by atoms with Gasteiger partial charge in [0.15, 0.2) is 0 Å². The zero-order valence-electron chi connectivity index (χ0n) is 11.9. The standard InChI is InChI=1S/C17H20BrNS/c1-3-19-16(14-9-5-4-8-13(14)2)12-20-17-11-7-6-10-15(17)18/h4-11,16,19H,3,12H2,1-2H3. The lowest BCUT2D eigenvalue weighted by Gasteiger charge is -2.20. The summed E-state index contributed by atoms with van der Waals surface area (Å²) in [6.07, 6.45) is 0. The first-order valence-corrected chi connectivity index (χ1v) is 8.66. The van der Waals surface area contributed by atoms with E-state index in [1.165, 1.54) is 20.5 Å². The van der Waals surface area contributed by atoms with Crippen LogP contribution in [-0.4, -0.2) is 12.3 Å². The molecule has 0 heterocycles. The highest BCUT2D eigenvalue weighted by Crippen LogP contribution is 2.31. The van der Waals surface area contributed by atoms with Crippen LogP contribution in [0.15, 0.2) is 57.9 Å². The highest BCUT2D eigenvalue weighted by atomic mass is 79.9. The van der Waals surface area contributed by atoms with E-state index < -0.39 is 0 Å². The second-order valence-electron chi connectivity index (χ2n) is 4.71. The normalized spacial score (nSPS) is 12.3. The van der Waals surface area contributed by atoms with Crippen LogP contribution in [0, 0.1) is 6.92 Å². The molecule has 0 amide bonds. The number of thioether (sulfide) groups is 1. The van der Waals surface area contributed by atoms with Crippen molar-refractivity contribution in [2.24, 2.45) is 0 Å². The highest BCUT2D eigenvalue weighted by Gasteiger charge is 2.13. The molecule has 0 bridgehead atoms. The summed E-state index contributed by atoms with van der Waals surface area (Å²) in [6.45, 7) is 5.33. The molecule has 0 aliphatic carbocycles. The van der Waals surface area contributed by atoms with Crippen molar-refractivity contribution in [3.05, 3.63) is 64.1 Å². The molecule has 1 unspecified atom stereocenters. The van der Waals surface area contributed by atoms with Gasteiger partial charge in [-0.2, -0.15) is 0 Å². The Morgan fingerprint density at radius 3 is 2.50 bits per heavy atom. The predicted octanol–water partition coefficient (Wildman–Crippen LogP) is 5.20. The molecule has 3 heteroatoms. The quantitative estimate of drug-likeness (QED) is 0.719. The maximum atomic E-state index is 3.61. The molecule has 2 aromatic carbocycles. The third-order valence-electron chi connectivity index (χ3n) is 3.26. The first-order valence-electron chi connectivity index (χ1n) is 6.88. The van der Waals surface area contributed by atoms with Crippen LogP contribution in [0.4, 0.5) is 0 Å². The molecule has 0 radical (unpaired) electrons. The molecule has 20 heavy (non-hydrogen) atoms. The van der Waals surface area contributed by atoms with Crippen molar-refractivity contribution >= 4 is 27.7 Å². The van der Waals surface area contributed by atoms with Crippen molar-refractivity contribution in [3.63, 3.8) is 0 Å². The predicted molar refractivity (Wildman–Crippen MR) is 92.5 cm³/mol. The Kier molecular flexibility index (Phi) is 6.14. The highest BCUT2D eigenvalue weighted by molar-refractivity contribution is 9.10. The minimum atomic E-state index is 0.387. The molecule has 0 aliphatic rings. The Balaban J connectivity index is 2.11. The molecular weight excluding hydrogens is 330 g/mol. The van der Waals surface area contributed by atoms with Gasteiger partial charge in [-0.15, -0.1) is 11.8 Å². The Labute approximate surface area is 134 Å². The summed E-state index contributed by atoms with van der Waals surface area (Å²) in [6, 6.07) is 17.4. The summed E-state index contributed by atoms with van der Waals surface area (Å²) in [5.41, 5.74) is 2.75. The van der Waals surface area contributed by atoms with Gasteiger partial charge in [0, 0.05) is 21.2 Å². The lowest BCUT2D eigenvalue weighted by molar-refractivity contribution is 0.603. The van der Waals surface area contributed by atoms with E-state index in [0.29, 0.717) is 6.04 Å². The van der Waals surface area contributed by atoms with Gasteiger partial charge < -0.3 is 5.32 Å². The fourth-order valence-electron chi connectivity index (χ4n) is 2.22. The third-order valence-corrected chi connectivity index (χ3v) is 5.38. The monoisotopic (exact) mass is 349 g/mol. The minimum absolute atomic E-state index is 0.387. The molecule has 0 fully saturated rings. The molecule has 0 aliphatic heterocycles. The molecular formula is C17H20BrNS. The number of nitrogens with one attached hydrogen (secondary N) is 1. The first-order chi connectivity index (χ1) is 9.72. The van der Waals surface area contributed by atoms with Crippen LogP contribution in [0.1, 0.15) is 24.1 Å².